The molecule has 1 atom stereocenters. The first-order valence-corrected chi connectivity index (χ1v) is 5.96. The lowest BCUT2D eigenvalue weighted by atomic mass is 9.93. The highest BCUT2D eigenvalue weighted by Crippen LogP contribution is 2.38. The van der Waals surface area contributed by atoms with E-state index in [0.29, 0.717) is 5.56 Å². The van der Waals surface area contributed by atoms with Gasteiger partial charge in [-0.2, -0.15) is 13.2 Å². The summed E-state index contributed by atoms with van der Waals surface area (Å²) < 4.78 is 52.3. The van der Waals surface area contributed by atoms with E-state index in [1.54, 1.807) is 18.2 Å². The van der Waals surface area contributed by atoms with Crippen molar-refractivity contribution in [1.29, 1.82) is 0 Å². The molecular formula is C16H10F4O. The van der Waals surface area contributed by atoms with Crippen LogP contribution in [0.1, 0.15) is 11.1 Å². The van der Waals surface area contributed by atoms with Crippen molar-refractivity contribution in [2.75, 3.05) is 0 Å². The van der Waals surface area contributed by atoms with Crippen LogP contribution in [-0.2, 0) is 5.60 Å². The predicted octanol–water partition coefficient (Wildman–Crippen LogP) is 3.63. The zero-order valence-corrected chi connectivity index (χ0v) is 10.7. The molecule has 0 aliphatic carbocycles. The van der Waals surface area contributed by atoms with Gasteiger partial charge in [-0.15, -0.1) is 0 Å². The molecule has 0 aromatic heterocycles. The Labute approximate surface area is 118 Å². The average molecular weight is 294 g/mol. The van der Waals surface area contributed by atoms with Crippen LogP contribution in [0, 0.1) is 17.7 Å². The molecule has 0 aliphatic rings. The standard InChI is InChI=1S/C16H10F4O/c17-14-8-6-13(7-9-14)15(21,16(18,19)20)11-10-12-4-2-1-3-5-12/h1-9,21H/t15-/m0/s1. The maximum absolute atomic E-state index is 13.1. The van der Waals surface area contributed by atoms with Crippen LogP contribution in [0.25, 0.3) is 0 Å². The number of alkyl halides is 3. The van der Waals surface area contributed by atoms with Crippen molar-refractivity contribution in [3.05, 3.63) is 71.5 Å². The third-order valence-electron chi connectivity index (χ3n) is 2.83. The molecule has 2 rings (SSSR count). The molecule has 0 saturated heterocycles. The highest BCUT2D eigenvalue weighted by Gasteiger charge is 2.54. The van der Waals surface area contributed by atoms with Gasteiger partial charge in [-0.3, -0.25) is 0 Å². The molecule has 1 nitrogen and oxygen atoms in total. The summed E-state index contributed by atoms with van der Waals surface area (Å²) in [5.74, 6) is 3.44. The Bertz CT molecular complexity index is 665. The Kier molecular flexibility index (Phi) is 4.01. The Hall–Kier alpha value is -2.32. The minimum Gasteiger partial charge on any atom is -0.366 e. The largest absolute Gasteiger partial charge is 0.433 e. The van der Waals surface area contributed by atoms with Gasteiger partial charge in [0.05, 0.1) is 0 Å². The van der Waals surface area contributed by atoms with E-state index >= 15 is 0 Å². The van der Waals surface area contributed by atoms with Gasteiger partial charge in [0.15, 0.2) is 0 Å². The molecule has 0 radical (unpaired) electrons. The summed E-state index contributed by atoms with van der Waals surface area (Å²) in [5, 5.41) is 9.95. The van der Waals surface area contributed by atoms with Gasteiger partial charge in [0.2, 0.25) is 5.60 Å². The van der Waals surface area contributed by atoms with Crippen LogP contribution in [0.5, 0.6) is 0 Å². The molecule has 1 N–H and O–H groups in total. The van der Waals surface area contributed by atoms with Crippen molar-refractivity contribution in [2.45, 2.75) is 11.8 Å². The van der Waals surface area contributed by atoms with Crippen molar-refractivity contribution < 1.29 is 22.7 Å². The Morgan fingerprint density at radius 3 is 1.95 bits per heavy atom. The van der Waals surface area contributed by atoms with Crippen molar-refractivity contribution >= 4 is 0 Å². The molecule has 2 aromatic rings. The van der Waals surface area contributed by atoms with Crippen molar-refractivity contribution in [3.8, 4) is 11.8 Å². The monoisotopic (exact) mass is 294 g/mol. The summed E-state index contributed by atoms with van der Waals surface area (Å²) in [6.45, 7) is 0. The molecule has 0 aliphatic heterocycles. The van der Waals surface area contributed by atoms with Crippen molar-refractivity contribution in [1.82, 2.24) is 0 Å². The first-order chi connectivity index (χ1) is 9.83. The van der Waals surface area contributed by atoms with Crippen LogP contribution in [0.3, 0.4) is 0 Å². The van der Waals surface area contributed by atoms with Gasteiger partial charge < -0.3 is 5.11 Å². The lowest BCUT2D eigenvalue weighted by Crippen LogP contribution is -2.41. The van der Waals surface area contributed by atoms with Gasteiger partial charge in [0, 0.05) is 11.1 Å². The van der Waals surface area contributed by atoms with E-state index in [-0.39, 0.29) is 0 Å². The number of benzene rings is 2. The molecule has 0 heterocycles. The molecule has 0 saturated carbocycles. The minimum absolute atomic E-state index is 0.335. The molecule has 21 heavy (non-hydrogen) atoms. The topological polar surface area (TPSA) is 20.2 Å². The van der Waals surface area contributed by atoms with E-state index in [1.807, 2.05) is 5.92 Å². The molecule has 0 spiro atoms. The van der Waals surface area contributed by atoms with E-state index in [1.165, 1.54) is 12.1 Å². The quantitative estimate of drug-likeness (QED) is 0.629. The lowest BCUT2D eigenvalue weighted by molar-refractivity contribution is -0.240. The number of rotatable bonds is 1. The molecule has 0 unspecified atom stereocenters. The van der Waals surface area contributed by atoms with Crippen LogP contribution in [0.15, 0.2) is 54.6 Å². The fraction of sp³-hybridized carbons (Fsp3) is 0.125. The van der Waals surface area contributed by atoms with Crippen molar-refractivity contribution in [3.63, 3.8) is 0 Å². The van der Waals surface area contributed by atoms with E-state index in [0.717, 1.165) is 24.3 Å². The maximum atomic E-state index is 13.1. The molecule has 5 heteroatoms. The Morgan fingerprint density at radius 2 is 1.43 bits per heavy atom. The highest BCUT2D eigenvalue weighted by molar-refractivity contribution is 5.41. The smallest absolute Gasteiger partial charge is 0.366 e. The zero-order chi connectivity index (χ0) is 15.5. The van der Waals surface area contributed by atoms with Gasteiger partial charge in [-0.25, -0.2) is 4.39 Å². The van der Waals surface area contributed by atoms with Gasteiger partial charge in [-0.1, -0.05) is 36.3 Å². The second-order valence-electron chi connectivity index (χ2n) is 4.33. The second-order valence-corrected chi connectivity index (χ2v) is 4.33. The van der Waals surface area contributed by atoms with Crippen LogP contribution >= 0.6 is 0 Å². The first-order valence-electron chi connectivity index (χ1n) is 5.96. The van der Waals surface area contributed by atoms with Crippen LogP contribution in [0.2, 0.25) is 0 Å². The van der Waals surface area contributed by atoms with Crippen LogP contribution < -0.4 is 0 Å². The fourth-order valence-electron chi connectivity index (χ4n) is 1.68. The van der Waals surface area contributed by atoms with Gasteiger partial charge in [0.1, 0.15) is 5.82 Å². The highest BCUT2D eigenvalue weighted by atomic mass is 19.4. The van der Waals surface area contributed by atoms with E-state index in [9.17, 15) is 22.7 Å². The minimum atomic E-state index is -5.01. The second kappa shape index (κ2) is 5.58. The van der Waals surface area contributed by atoms with E-state index < -0.39 is 23.2 Å². The molecule has 0 amide bonds. The molecule has 0 fully saturated rings. The normalized spacial score (nSPS) is 14.0. The Balaban J connectivity index is 2.49. The number of aliphatic hydroxyl groups is 1. The number of hydrogen-bond donors (Lipinski definition) is 1. The Morgan fingerprint density at radius 1 is 0.857 bits per heavy atom. The van der Waals surface area contributed by atoms with Crippen molar-refractivity contribution in [2.24, 2.45) is 0 Å². The lowest BCUT2D eigenvalue weighted by Gasteiger charge is -2.25. The summed E-state index contributed by atoms with van der Waals surface area (Å²) in [5.41, 5.74) is -3.54. The third kappa shape index (κ3) is 3.23. The molecule has 2 aromatic carbocycles. The molecular weight excluding hydrogens is 284 g/mol. The fourth-order valence-corrected chi connectivity index (χ4v) is 1.68. The van der Waals surface area contributed by atoms with E-state index in [2.05, 4.69) is 5.92 Å². The third-order valence-corrected chi connectivity index (χ3v) is 2.83. The number of halogens is 4. The SMILES string of the molecule is O[C@@](C#Cc1ccccc1)(c1ccc(F)cc1)C(F)(F)F. The molecule has 0 bridgehead atoms. The zero-order valence-electron chi connectivity index (χ0n) is 10.7. The average Bonchev–Trinajstić information content (AvgIpc) is 2.45. The summed E-state index contributed by atoms with van der Waals surface area (Å²) in [6.07, 6.45) is -5.01. The summed E-state index contributed by atoms with van der Waals surface area (Å²) in [4.78, 5) is 0. The van der Waals surface area contributed by atoms with Gasteiger partial charge in [0.25, 0.3) is 0 Å². The molecule has 108 valence electrons. The summed E-state index contributed by atoms with van der Waals surface area (Å²) >= 11 is 0. The summed E-state index contributed by atoms with van der Waals surface area (Å²) in [6, 6.07) is 11.4. The van der Waals surface area contributed by atoms with E-state index in [4.69, 9.17) is 0 Å². The summed E-state index contributed by atoms with van der Waals surface area (Å²) in [7, 11) is 0. The number of hydrogen-bond acceptors (Lipinski definition) is 1. The van der Waals surface area contributed by atoms with Gasteiger partial charge in [-0.05, 0) is 30.2 Å². The predicted molar refractivity (Wildman–Crippen MR) is 69.7 cm³/mol. The van der Waals surface area contributed by atoms with Crippen LogP contribution in [0.4, 0.5) is 17.6 Å². The maximum Gasteiger partial charge on any atom is 0.433 e. The van der Waals surface area contributed by atoms with Gasteiger partial charge >= 0.3 is 6.18 Å². The van der Waals surface area contributed by atoms with Crippen LogP contribution in [-0.4, -0.2) is 11.3 Å². The first kappa shape index (κ1) is 15.1.